The van der Waals surface area contributed by atoms with Crippen LogP contribution in [0, 0.1) is 0 Å². The van der Waals surface area contributed by atoms with Crippen LogP contribution in [0.3, 0.4) is 0 Å². The van der Waals surface area contributed by atoms with Crippen LogP contribution in [0.25, 0.3) is 0 Å². The summed E-state index contributed by atoms with van der Waals surface area (Å²) in [5.41, 5.74) is -0.974. The second-order valence-corrected chi connectivity index (χ2v) is 3.17. The second-order valence-electron chi connectivity index (χ2n) is 3.17. The van der Waals surface area contributed by atoms with Gasteiger partial charge in [0.2, 0.25) is 0 Å². The van der Waals surface area contributed by atoms with Crippen LogP contribution in [0.2, 0.25) is 0 Å². The number of likely N-dealkylation sites (N-methyl/N-ethyl adjacent to an activating group) is 1. The zero-order valence-corrected chi connectivity index (χ0v) is 7.19. The molecule has 5 nitrogen and oxygen atoms in total. The lowest BCUT2D eigenvalue weighted by Crippen LogP contribution is -2.64. The molecule has 1 aliphatic rings. The topological polar surface area (TPSA) is 82.0 Å². The molecule has 0 aromatic heterocycles. The fourth-order valence-corrected chi connectivity index (χ4v) is 1.20. The van der Waals surface area contributed by atoms with E-state index in [1.807, 2.05) is 0 Å². The van der Waals surface area contributed by atoms with Gasteiger partial charge in [0.15, 0.2) is 0 Å². The van der Waals surface area contributed by atoms with Crippen molar-refractivity contribution in [2.24, 2.45) is 0 Å². The average molecular weight is 177 g/mol. The van der Waals surface area contributed by atoms with Gasteiger partial charge in [-0.1, -0.05) is 0 Å². The lowest BCUT2D eigenvalue weighted by Gasteiger charge is -2.42. The minimum Gasteiger partial charge on any atom is -0.388 e. The molecule has 5 heteroatoms. The van der Waals surface area contributed by atoms with Gasteiger partial charge in [-0.25, -0.2) is 0 Å². The molecule has 1 aliphatic heterocycles. The Morgan fingerprint density at radius 3 is 2.50 bits per heavy atom. The first-order valence-corrected chi connectivity index (χ1v) is 3.88. The molecule has 4 N–H and O–H groups in total. The molecule has 0 radical (unpaired) electrons. The van der Waals surface area contributed by atoms with Crippen molar-refractivity contribution >= 4 is 0 Å². The third-order valence-electron chi connectivity index (χ3n) is 2.33. The predicted octanol–water partition coefficient (Wildman–Crippen LogP) is -1.97. The monoisotopic (exact) mass is 177 g/mol. The van der Waals surface area contributed by atoms with Crippen molar-refractivity contribution in [3.05, 3.63) is 0 Å². The van der Waals surface area contributed by atoms with Gasteiger partial charge >= 0.3 is 0 Å². The fraction of sp³-hybridized carbons (Fsp3) is 1.00. The molecule has 0 aliphatic carbocycles. The summed E-state index contributed by atoms with van der Waals surface area (Å²) >= 11 is 0. The van der Waals surface area contributed by atoms with E-state index in [1.165, 1.54) is 0 Å². The summed E-state index contributed by atoms with van der Waals surface area (Å²) in [6.07, 6.45) is -3.29. The molecular formula is C7H15NO4. The number of aliphatic hydroxyl groups is 3. The van der Waals surface area contributed by atoms with Crippen LogP contribution >= 0.6 is 0 Å². The Morgan fingerprint density at radius 1 is 1.42 bits per heavy atom. The summed E-state index contributed by atoms with van der Waals surface area (Å²) in [6, 6.07) is 0. The zero-order valence-electron chi connectivity index (χ0n) is 7.19. The molecule has 0 spiro atoms. The maximum Gasteiger partial charge on any atom is 0.145 e. The van der Waals surface area contributed by atoms with E-state index in [1.54, 1.807) is 14.0 Å². The summed E-state index contributed by atoms with van der Waals surface area (Å²) in [5.74, 6) is 0. The lowest BCUT2D eigenvalue weighted by molar-refractivity contribution is -0.238. The molecule has 1 fully saturated rings. The molecule has 0 amide bonds. The van der Waals surface area contributed by atoms with Crippen molar-refractivity contribution in [2.75, 3.05) is 13.7 Å². The molecule has 0 aromatic carbocycles. The van der Waals surface area contributed by atoms with E-state index in [9.17, 15) is 10.2 Å². The number of hydrogen-bond acceptors (Lipinski definition) is 5. The average Bonchev–Trinajstić information content (AvgIpc) is 2.09. The highest BCUT2D eigenvalue weighted by Crippen LogP contribution is 2.22. The maximum atomic E-state index is 9.47. The molecule has 0 unspecified atom stereocenters. The molecule has 1 rings (SSSR count). The lowest BCUT2D eigenvalue weighted by atomic mass is 9.96. The largest absolute Gasteiger partial charge is 0.388 e. The molecular weight excluding hydrogens is 162 g/mol. The van der Waals surface area contributed by atoms with Crippen LogP contribution in [0.5, 0.6) is 0 Å². The van der Waals surface area contributed by atoms with Gasteiger partial charge in [-0.15, -0.1) is 0 Å². The van der Waals surface area contributed by atoms with Crippen molar-refractivity contribution < 1.29 is 20.1 Å². The Hall–Kier alpha value is -0.200. The van der Waals surface area contributed by atoms with Gasteiger partial charge in [0.25, 0.3) is 0 Å². The number of aliphatic hydroxyl groups excluding tert-OH is 3. The van der Waals surface area contributed by atoms with Crippen molar-refractivity contribution in [3.63, 3.8) is 0 Å². The first kappa shape index (κ1) is 9.88. The number of hydrogen-bond donors (Lipinski definition) is 4. The Labute approximate surface area is 71.0 Å². The van der Waals surface area contributed by atoms with E-state index in [0.717, 1.165) is 0 Å². The van der Waals surface area contributed by atoms with Gasteiger partial charge in [0, 0.05) is 0 Å². The predicted molar refractivity (Wildman–Crippen MR) is 41.4 cm³/mol. The number of ether oxygens (including phenoxy) is 1. The normalized spacial score (nSPS) is 49.2. The Kier molecular flexibility index (Phi) is 2.70. The quantitative estimate of drug-likeness (QED) is 0.374. The Bertz CT molecular complexity index is 165. The highest BCUT2D eigenvalue weighted by atomic mass is 16.5. The van der Waals surface area contributed by atoms with Gasteiger partial charge < -0.3 is 20.1 Å². The van der Waals surface area contributed by atoms with Crippen LogP contribution in [-0.4, -0.2) is 53.0 Å². The second kappa shape index (κ2) is 3.27. The summed E-state index contributed by atoms with van der Waals surface area (Å²) in [5, 5.41) is 30.6. The van der Waals surface area contributed by atoms with Crippen molar-refractivity contribution in [1.29, 1.82) is 0 Å². The summed E-state index contributed by atoms with van der Waals surface area (Å²) in [6.45, 7) is 1.64. The zero-order chi connectivity index (χ0) is 9.35. The van der Waals surface area contributed by atoms with Gasteiger partial charge in [-0.2, -0.15) is 0 Å². The molecule has 1 saturated heterocycles. The Balaban J connectivity index is 2.71. The van der Waals surface area contributed by atoms with Gasteiger partial charge in [-0.3, -0.25) is 5.32 Å². The minimum atomic E-state index is -1.16. The summed E-state index contributed by atoms with van der Waals surface area (Å²) in [4.78, 5) is 0. The van der Waals surface area contributed by atoms with Gasteiger partial charge in [0.1, 0.15) is 24.0 Å². The third kappa shape index (κ3) is 1.46. The van der Waals surface area contributed by atoms with E-state index < -0.39 is 24.0 Å². The van der Waals surface area contributed by atoms with Crippen LogP contribution in [-0.2, 0) is 4.74 Å². The van der Waals surface area contributed by atoms with E-state index in [2.05, 4.69) is 5.32 Å². The van der Waals surface area contributed by atoms with Gasteiger partial charge in [0.05, 0.1) is 6.61 Å². The van der Waals surface area contributed by atoms with Crippen LogP contribution < -0.4 is 5.32 Å². The number of rotatable bonds is 1. The van der Waals surface area contributed by atoms with Crippen molar-refractivity contribution in [2.45, 2.75) is 31.0 Å². The first-order valence-electron chi connectivity index (χ1n) is 3.88. The molecule has 72 valence electrons. The van der Waals surface area contributed by atoms with Gasteiger partial charge in [-0.05, 0) is 14.0 Å². The fourth-order valence-electron chi connectivity index (χ4n) is 1.20. The molecule has 0 aromatic rings. The molecule has 0 saturated carbocycles. The third-order valence-corrected chi connectivity index (χ3v) is 2.33. The summed E-state index contributed by atoms with van der Waals surface area (Å²) in [7, 11) is 1.62. The number of nitrogens with one attached hydrogen (secondary N) is 1. The maximum absolute atomic E-state index is 9.47. The molecule has 1 heterocycles. The van der Waals surface area contributed by atoms with E-state index in [4.69, 9.17) is 9.84 Å². The van der Waals surface area contributed by atoms with Crippen LogP contribution in [0.15, 0.2) is 0 Å². The molecule has 4 atom stereocenters. The van der Waals surface area contributed by atoms with E-state index in [0.29, 0.717) is 0 Å². The van der Waals surface area contributed by atoms with E-state index >= 15 is 0 Å². The standard InChI is InChI=1S/C7H15NO4/c1-7(8-2)6(11)5(10)4(9)3-12-7/h4-6,8-11H,3H2,1-2H3/t4-,5-,6+,7-/m0/s1. The SMILES string of the molecule is CN[C@@]1(C)OC[C@H](O)[C@H](O)[C@H]1O. The minimum absolute atomic E-state index is 0.0234. The van der Waals surface area contributed by atoms with Crippen LogP contribution in [0.1, 0.15) is 6.92 Å². The van der Waals surface area contributed by atoms with E-state index in [-0.39, 0.29) is 6.61 Å². The molecule has 0 bridgehead atoms. The summed E-state index contributed by atoms with van der Waals surface area (Å²) < 4.78 is 5.14. The van der Waals surface area contributed by atoms with Crippen molar-refractivity contribution in [1.82, 2.24) is 5.32 Å². The first-order chi connectivity index (χ1) is 5.51. The van der Waals surface area contributed by atoms with Crippen LogP contribution in [0.4, 0.5) is 0 Å². The smallest absolute Gasteiger partial charge is 0.145 e. The highest BCUT2D eigenvalue weighted by Gasteiger charge is 2.45. The Morgan fingerprint density at radius 2 is 2.00 bits per heavy atom. The molecule has 12 heavy (non-hydrogen) atoms. The highest BCUT2D eigenvalue weighted by molar-refractivity contribution is 4.93. The van der Waals surface area contributed by atoms with Crippen molar-refractivity contribution in [3.8, 4) is 0 Å².